The molecule has 1 heterocycles. The van der Waals surface area contributed by atoms with E-state index in [1.165, 1.54) is 21.5 Å². The number of anilines is 1. The summed E-state index contributed by atoms with van der Waals surface area (Å²) in [6, 6.07) is 0.934. The van der Waals surface area contributed by atoms with Crippen LogP contribution in [0.4, 0.5) is 10.5 Å². The highest BCUT2D eigenvalue weighted by Crippen LogP contribution is 2.38. The van der Waals surface area contributed by atoms with Gasteiger partial charge in [0.25, 0.3) is 10.0 Å². The Morgan fingerprint density at radius 3 is 2.27 bits per heavy atom. The quantitative estimate of drug-likeness (QED) is 0.709. The van der Waals surface area contributed by atoms with E-state index in [9.17, 15) is 21.6 Å². The third-order valence-electron chi connectivity index (χ3n) is 6.10. The van der Waals surface area contributed by atoms with Crippen molar-refractivity contribution in [2.45, 2.75) is 57.4 Å². The summed E-state index contributed by atoms with van der Waals surface area (Å²) < 4.78 is 51.7. The summed E-state index contributed by atoms with van der Waals surface area (Å²) in [5, 5.41) is 3.68. The van der Waals surface area contributed by atoms with E-state index in [1.807, 2.05) is 4.72 Å². The van der Waals surface area contributed by atoms with Gasteiger partial charge in [0.1, 0.15) is 0 Å². The molecule has 0 radical (unpaired) electrons. The fourth-order valence-corrected chi connectivity index (χ4v) is 6.73. The molecule has 2 N–H and O–H groups in total. The van der Waals surface area contributed by atoms with Crippen molar-refractivity contribution in [1.82, 2.24) is 9.03 Å². The van der Waals surface area contributed by atoms with Crippen LogP contribution >= 0.6 is 0 Å². The molecule has 1 aromatic carbocycles. The molecule has 1 fully saturated rings. The molecule has 4 rings (SSSR count). The van der Waals surface area contributed by atoms with Gasteiger partial charge in [-0.05, 0) is 73.6 Å². The first kappa shape index (κ1) is 21.3. The Morgan fingerprint density at radius 2 is 1.67 bits per heavy atom. The third-order valence-corrected chi connectivity index (χ3v) is 8.39. The SMILES string of the molecule is CS(=O)(=O)N1CCCC1/C=C/S(=O)(=O)NC(=O)Nc1c2c(cc3c1CCC3)CCC2. The van der Waals surface area contributed by atoms with Gasteiger partial charge in [-0.3, -0.25) is 0 Å². The first-order chi connectivity index (χ1) is 14.1. The van der Waals surface area contributed by atoms with Gasteiger partial charge in [-0.25, -0.2) is 26.4 Å². The predicted molar refractivity (Wildman–Crippen MR) is 115 cm³/mol. The van der Waals surface area contributed by atoms with E-state index in [0.717, 1.165) is 67.0 Å². The summed E-state index contributed by atoms with van der Waals surface area (Å²) in [6.07, 6.45) is 9.46. The van der Waals surface area contributed by atoms with Gasteiger partial charge in [0.05, 0.1) is 6.26 Å². The zero-order valence-corrected chi connectivity index (χ0v) is 18.6. The van der Waals surface area contributed by atoms with Crippen molar-refractivity contribution in [2.24, 2.45) is 0 Å². The number of carbonyl (C=O) groups excluding carboxylic acids is 1. The monoisotopic (exact) mass is 453 g/mol. The van der Waals surface area contributed by atoms with Crippen LogP contribution in [0.5, 0.6) is 0 Å². The number of carbonyl (C=O) groups is 1. The fourth-order valence-electron chi connectivity index (χ4n) is 4.83. The van der Waals surface area contributed by atoms with Gasteiger partial charge in [0, 0.05) is 23.7 Å². The molecule has 164 valence electrons. The molecule has 1 aliphatic heterocycles. The smallest absolute Gasteiger partial charge is 0.307 e. The minimum atomic E-state index is -4.05. The molecule has 0 aromatic heterocycles. The van der Waals surface area contributed by atoms with Crippen LogP contribution in [0.2, 0.25) is 0 Å². The number of amides is 2. The van der Waals surface area contributed by atoms with E-state index in [2.05, 4.69) is 11.4 Å². The molecule has 1 aromatic rings. The van der Waals surface area contributed by atoms with E-state index >= 15 is 0 Å². The summed E-state index contributed by atoms with van der Waals surface area (Å²) in [4.78, 5) is 12.5. The second-order valence-electron chi connectivity index (χ2n) is 8.25. The maximum atomic E-state index is 12.5. The summed E-state index contributed by atoms with van der Waals surface area (Å²) in [5.74, 6) is 0. The van der Waals surface area contributed by atoms with Gasteiger partial charge in [0.15, 0.2) is 0 Å². The zero-order chi connectivity index (χ0) is 21.5. The van der Waals surface area contributed by atoms with Crippen LogP contribution in [-0.4, -0.2) is 46.0 Å². The average molecular weight is 454 g/mol. The fraction of sp³-hybridized carbons (Fsp3) is 0.550. The highest BCUT2D eigenvalue weighted by atomic mass is 32.2. The van der Waals surface area contributed by atoms with Crippen molar-refractivity contribution in [3.8, 4) is 0 Å². The maximum absolute atomic E-state index is 12.5. The molecule has 0 saturated carbocycles. The highest BCUT2D eigenvalue weighted by molar-refractivity contribution is 7.93. The van der Waals surface area contributed by atoms with Gasteiger partial charge < -0.3 is 5.32 Å². The van der Waals surface area contributed by atoms with Gasteiger partial charge in [0.2, 0.25) is 10.0 Å². The molecule has 3 aliphatic rings. The molecule has 1 saturated heterocycles. The number of nitrogens with one attached hydrogen (secondary N) is 2. The van der Waals surface area contributed by atoms with E-state index in [4.69, 9.17) is 0 Å². The van der Waals surface area contributed by atoms with Crippen LogP contribution in [0.15, 0.2) is 17.6 Å². The Labute approximate surface area is 177 Å². The number of rotatable bonds is 5. The third kappa shape index (κ3) is 4.40. The average Bonchev–Trinajstić information content (AvgIpc) is 3.38. The molecule has 8 nitrogen and oxygen atoms in total. The van der Waals surface area contributed by atoms with Crippen LogP contribution in [0.25, 0.3) is 0 Å². The van der Waals surface area contributed by atoms with Crippen LogP contribution in [-0.2, 0) is 45.7 Å². The van der Waals surface area contributed by atoms with E-state index < -0.39 is 32.1 Å². The highest BCUT2D eigenvalue weighted by Gasteiger charge is 2.30. The number of fused-ring (bicyclic) bond motifs is 2. The van der Waals surface area contributed by atoms with Crippen molar-refractivity contribution in [3.05, 3.63) is 39.8 Å². The summed E-state index contributed by atoms with van der Waals surface area (Å²) in [6.45, 7) is 0.367. The van der Waals surface area contributed by atoms with E-state index in [-0.39, 0.29) is 0 Å². The minimum absolute atomic E-state index is 0.367. The second kappa shape index (κ2) is 7.97. The van der Waals surface area contributed by atoms with Crippen molar-refractivity contribution < 1.29 is 21.6 Å². The molecule has 10 heteroatoms. The number of benzene rings is 1. The van der Waals surface area contributed by atoms with Crippen LogP contribution in [0.1, 0.15) is 47.9 Å². The Bertz CT molecular complexity index is 1080. The molecular weight excluding hydrogens is 426 g/mol. The molecule has 1 atom stereocenters. The molecule has 2 aliphatic carbocycles. The molecule has 1 unspecified atom stereocenters. The van der Waals surface area contributed by atoms with E-state index in [0.29, 0.717) is 19.4 Å². The first-order valence-corrected chi connectivity index (χ1v) is 13.7. The zero-order valence-electron chi connectivity index (χ0n) is 17.0. The van der Waals surface area contributed by atoms with Crippen molar-refractivity contribution >= 4 is 31.8 Å². The molecule has 0 spiro atoms. The number of aryl methyl sites for hydroxylation is 2. The Morgan fingerprint density at radius 1 is 1.03 bits per heavy atom. The first-order valence-electron chi connectivity index (χ1n) is 10.3. The lowest BCUT2D eigenvalue weighted by Gasteiger charge is -2.19. The Kier molecular flexibility index (Phi) is 5.67. The molecule has 0 bridgehead atoms. The minimum Gasteiger partial charge on any atom is -0.307 e. The number of hydrogen-bond acceptors (Lipinski definition) is 5. The number of urea groups is 1. The Hall–Kier alpha value is -1.91. The summed E-state index contributed by atoms with van der Waals surface area (Å²) in [5.41, 5.74) is 5.50. The standard InChI is InChI=1S/C20H27N3O5S2/c1-29(25,26)23-11-4-7-16(23)10-12-30(27,28)22-20(24)21-19-17-8-2-5-14(17)13-15-6-3-9-18(15)19/h10,12-13,16H,2-9,11H2,1H3,(H2,21,22,24)/b12-10+. The van der Waals surface area contributed by atoms with Gasteiger partial charge in [-0.1, -0.05) is 12.1 Å². The lowest BCUT2D eigenvalue weighted by atomic mass is 9.99. The van der Waals surface area contributed by atoms with Crippen molar-refractivity contribution in [3.63, 3.8) is 0 Å². The van der Waals surface area contributed by atoms with Crippen molar-refractivity contribution in [2.75, 3.05) is 18.1 Å². The molecule has 30 heavy (non-hydrogen) atoms. The summed E-state index contributed by atoms with van der Waals surface area (Å²) >= 11 is 0. The van der Waals surface area contributed by atoms with Crippen LogP contribution in [0.3, 0.4) is 0 Å². The number of sulfonamides is 2. The van der Waals surface area contributed by atoms with Gasteiger partial charge >= 0.3 is 6.03 Å². The lowest BCUT2D eigenvalue weighted by molar-refractivity contribution is 0.256. The number of hydrogen-bond donors (Lipinski definition) is 2. The van der Waals surface area contributed by atoms with Crippen molar-refractivity contribution in [1.29, 1.82) is 0 Å². The predicted octanol–water partition coefficient (Wildman–Crippen LogP) is 2.05. The van der Waals surface area contributed by atoms with Gasteiger partial charge in [-0.15, -0.1) is 0 Å². The largest absolute Gasteiger partial charge is 0.333 e. The lowest BCUT2D eigenvalue weighted by Crippen LogP contribution is -2.35. The number of nitrogens with zero attached hydrogens (tertiary/aromatic N) is 1. The summed E-state index contributed by atoms with van der Waals surface area (Å²) in [7, 11) is -7.46. The topological polar surface area (TPSA) is 113 Å². The molecular formula is C20H27N3O5S2. The maximum Gasteiger partial charge on any atom is 0.333 e. The van der Waals surface area contributed by atoms with Crippen LogP contribution in [0, 0.1) is 0 Å². The normalized spacial score (nSPS) is 21.7. The molecule has 2 amide bonds. The Balaban J connectivity index is 1.47. The van der Waals surface area contributed by atoms with Gasteiger partial charge in [-0.2, -0.15) is 4.31 Å². The van der Waals surface area contributed by atoms with E-state index in [1.54, 1.807) is 0 Å². The second-order valence-corrected chi connectivity index (χ2v) is 11.7. The van der Waals surface area contributed by atoms with Crippen LogP contribution < -0.4 is 10.0 Å².